The maximum atomic E-state index is 7.93. The predicted molar refractivity (Wildman–Crippen MR) is 187 cm³/mol. The highest BCUT2D eigenvalue weighted by Gasteiger charge is 2.61. The first-order valence-electron chi connectivity index (χ1n) is 14.8. The van der Waals surface area contributed by atoms with Crippen LogP contribution in [0.4, 0.5) is 0 Å². The van der Waals surface area contributed by atoms with Crippen molar-refractivity contribution in [1.29, 1.82) is 0 Å². The molecule has 6 aromatic carbocycles. The molecule has 0 bridgehead atoms. The van der Waals surface area contributed by atoms with Crippen LogP contribution in [0.25, 0.3) is 0 Å². The first-order chi connectivity index (χ1) is 21.8. The molecule has 1 fully saturated rings. The topological polar surface area (TPSA) is 36.9 Å². The minimum atomic E-state index is -3.62. The molecule has 7 rings (SSSR count). The molecule has 1 saturated heterocycles. The summed E-state index contributed by atoms with van der Waals surface area (Å²) in [5, 5.41) is 6.14. The van der Waals surface area contributed by atoms with Gasteiger partial charge in [-0.1, -0.05) is 182 Å². The van der Waals surface area contributed by atoms with Crippen LogP contribution in [0, 0.1) is 0 Å². The quantitative estimate of drug-likeness (QED) is 0.263. The molecule has 1 aliphatic heterocycles. The lowest BCUT2D eigenvalue weighted by Gasteiger charge is -2.48. The van der Waals surface area contributed by atoms with Gasteiger partial charge >= 0.3 is 25.7 Å². The van der Waals surface area contributed by atoms with Gasteiger partial charge < -0.3 is 16.5 Å². The van der Waals surface area contributed by atoms with Gasteiger partial charge in [0.2, 0.25) is 0 Å². The van der Waals surface area contributed by atoms with Gasteiger partial charge in [-0.25, -0.2) is 0 Å². The fraction of sp³-hybridized carbons (Fsp3) is 0. The van der Waals surface area contributed by atoms with Crippen LogP contribution in [0.5, 0.6) is 0 Å². The smallest absolute Gasteiger partial charge is 0.390 e. The Hall–Kier alpha value is -3.97. The zero-order valence-electron chi connectivity index (χ0n) is 24.2. The van der Waals surface area contributed by atoms with Gasteiger partial charge in [-0.15, -0.1) is 0 Å². The fourth-order valence-electron chi connectivity index (χ4n) is 5.93. The summed E-state index contributed by atoms with van der Waals surface area (Å²) < 4.78 is 30.4. The van der Waals surface area contributed by atoms with Crippen LogP contribution >= 0.6 is 0 Å². The fourth-order valence-corrected chi connectivity index (χ4v) is 24.6. The summed E-state index contributed by atoms with van der Waals surface area (Å²) >= 11 is 0. The van der Waals surface area contributed by atoms with Crippen LogP contribution in [0.1, 0.15) is 0 Å². The second-order valence-electron chi connectivity index (χ2n) is 10.7. The summed E-state index contributed by atoms with van der Waals surface area (Å²) in [6, 6.07) is 62.5. The predicted octanol–water partition coefficient (Wildman–Crippen LogP) is 2.83. The molecule has 0 amide bonds. The molecule has 0 aliphatic carbocycles. The Morgan fingerprint density at radius 1 is 0.273 bits per heavy atom. The van der Waals surface area contributed by atoms with E-state index in [-0.39, 0.29) is 0 Å². The van der Waals surface area contributed by atoms with Gasteiger partial charge in [0.1, 0.15) is 0 Å². The van der Waals surface area contributed by atoms with Gasteiger partial charge in [0, 0.05) is 0 Å². The lowest BCUT2D eigenvalue weighted by atomic mass is 10.4. The highest BCUT2D eigenvalue weighted by molar-refractivity contribution is 7.11. The van der Waals surface area contributed by atoms with Crippen molar-refractivity contribution >= 4 is 66.8 Å². The molecule has 0 atom stereocenters. The first kappa shape index (κ1) is 28.8. The Labute approximate surface area is 264 Å². The van der Waals surface area contributed by atoms with Crippen LogP contribution < -0.4 is 31.1 Å². The maximum absolute atomic E-state index is 7.93. The Morgan fingerprint density at radius 3 is 0.705 bits per heavy atom. The Bertz CT molecular complexity index is 1570. The van der Waals surface area contributed by atoms with Crippen LogP contribution in [-0.2, 0) is 16.5 Å². The van der Waals surface area contributed by atoms with E-state index in [1.54, 1.807) is 0 Å². The van der Waals surface area contributed by atoms with E-state index < -0.39 is 35.7 Å². The second-order valence-corrected chi connectivity index (χ2v) is 22.0. The Kier molecular flexibility index (Phi) is 8.22. The van der Waals surface area contributed by atoms with Crippen LogP contribution in [0.15, 0.2) is 182 Å². The van der Waals surface area contributed by atoms with E-state index in [4.69, 9.17) is 16.5 Å². The highest BCUT2D eigenvalue weighted by Crippen LogP contribution is 2.26. The van der Waals surface area contributed by atoms with Crippen molar-refractivity contribution in [3.8, 4) is 0 Å². The third-order valence-corrected chi connectivity index (χ3v) is 23.4. The second kappa shape index (κ2) is 12.6. The molecule has 6 aromatic rings. The summed E-state index contributed by atoms with van der Waals surface area (Å²) in [6.45, 7) is 0. The van der Waals surface area contributed by atoms with E-state index in [0.717, 1.165) is 31.1 Å². The molecule has 0 aromatic heterocycles. The van der Waals surface area contributed by atoms with Gasteiger partial charge in [-0.3, -0.25) is 0 Å². The minimum absolute atomic E-state index is 1.01. The lowest BCUT2D eigenvalue weighted by molar-refractivity contribution is 0.286. The van der Waals surface area contributed by atoms with Crippen molar-refractivity contribution in [2.45, 2.75) is 0 Å². The van der Waals surface area contributed by atoms with Crippen LogP contribution in [-0.4, -0.2) is 35.7 Å². The Balaban J connectivity index is 1.57. The van der Waals surface area contributed by atoms with E-state index in [1.165, 1.54) is 0 Å². The van der Waals surface area contributed by atoms with Crippen LogP contribution in [0.2, 0.25) is 0 Å². The molecule has 0 radical (unpaired) electrons. The summed E-state index contributed by atoms with van der Waals surface area (Å²) in [5.41, 5.74) is 0. The molecule has 0 unspecified atom stereocenters. The lowest BCUT2D eigenvalue weighted by Crippen LogP contribution is -2.82. The summed E-state index contributed by atoms with van der Waals surface area (Å²) in [6.07, 6.45) is 0. The molecule has 44 heavy (non-hydrogen) atoms. The molecular formula is C36H32O4Si4. The monoisotopic (exact) mass is 640 g/mol. The molecule has 1 heterocycles. The van der Waals surface area contributed by atoms with E-state index in [1.807, 2.05) is 36.4 Å². The molecular weight excluding hydrogens is 609 g/mol. The summed E-state index contributed by atoms with van der Waals surface area (Å²) in [7, 11) is -12.0. The zero-order valence-corrected chi connectivity index (χ0v) is 28.6. The molecule has 1 aliphatic rings. The van der Waals surface area contributed by atoms with Gasteiger partial charge in [0.15, 0.2) is 0 Å². The van der Waals surface area contributed by atoms with Gasteiger partial charge in [0.25, 0.3) is 10.0 Å². The number of benzene rings is 6. The van der Waals surface area contributed by atoms with Crippen molar-refractivity contribution in [2.24, 2.45) is 0 Å². The summed E-state index contributed by atoms with van der Waals surface area (Å²) in [5.74, 6) is 0. The third-order valence-electron chi connectivity index (χ3n) is 8.02. The van der Waals surface area contributed by atoms with E-state index in [0.29, 0.717) is 0 Å². The third kappa shape index (κ3) is 5.21. The average molecular weight is 641 g/mol. The van der Waals surface area contributed by atoms with Crippen molar-refractivity contribution < 1.29 is 16.5 Å². The van der Waals surface area contributed by atoms with E-state index in [2.05, 4.69) is 146 Å². The van der Waals surface area contributed by atoms with E-state index in [9.17, 15) is 0 Å². The van der Waals surface area contributed by atoms with Gasteiger partial charge in [0.05, 0.1) is 0 Å². The number of rotatable bonds is 6. The molecule has 0 N–H and O–H groups in total. The normalized spacial score (nSPS) is 17.2. The molecule has 0 spiro atoms. The first-order valence-corrected chi connectivity index (χ1v) is 21.4. The summed E-state index contributed by atoms with van der Waals surface area (Å²) in [4.78, 5) is 0. The maximum Gasteiger partial charge on any atom is 0.390 e. The van der Waals surface area contributed by atoms with Crippen LogP contribution in [0.3, 0.4) is 0 Å². The van der Waals surface area contributed by atoms with Gasteiger partial charge in [-0.2, -0.15) is 0 Å². The Morgan fingerprint density at radius 2 is 0.477 bits per heavy atom. The average Bonchev–Trinajstić information content (AvgIpc) is 3.11. The molecule has 4 nitrogen and oxygen atoms in total. The van der Waals surface area contributed by atoms with Crippen molar-refractivity contribution in [3.63, 3.8) is 0 Å². The van der Waals surface area contributed by atoms with Crippen molar-refractivity contribution in [3.05, 3.63) is 182 Å². The van der Waals surface area contributed by atoms with Crippen molar-refractivity contribution in [2.75, 3.05) is 0 Å². The largest absolute Gasteiger partial charge is 0.413 e. The van der Waals surface area contributed by atoms with E-state index >= 15 is 0 Å². The SMILES string of the molecule is c1ccc([Si]2(c3ccccc3)O[SiH2]O[Si](c3ccccc3)(c3ccccc3)O[Si](c3ccccc3)(c3ccccc3)O2)cc1. The number of hydrogen-bond donors (Lipinski definition) is 0. The molecule has 216 valence electrons. The highest BCUT2D eigenvalue weighted by atomic mass is 28.5. The zero-order chi connectivity index (χ0) is 29.7. The minimum Gasteiger partial charge on any atom is -0.413 e. The molecule has 0 saturated carbocycles. The van der Waals surface area contributed by atoms with Crippen molar-refractivity contribution in [1.82, 2.24) is 0 Å². The molecule has 8 heteroatoms. The number of hydrogen-bond acceptors (Lipinski definition) is 4. The standard InChI is InChI=1S/C36H32O4Si4/c1-7-19-31(20-8-1)42(32-21-9-2-10-22-32)37-41-38-43(33-23-11-3-12-24-33,34-25-13-4-14-26-34)40-44(39-42,35-27-15-5-16-28-35)36-29-17-6-18-30-36/h1-30H,41H2. The van der Waals surface area contributed by atoms with Gasteiger partial charge in [-0.05, 0) is 31.1 Å².